The van der Waals surface area contributed by atoms with E-state index < -0.39 is 6.04 Å². The van der Waals surface area contributed by atoms with Crippen LogP contribution in [0, 0.1) is 12.8 Å². The molecule has 0 aliphatic heterocycles. The number of rotatable bonds is 5. The highest BCUT2D eigenvalue weighted by molar-refractivity contribution is 5.81. The summed E-state index contributed by atoms with van der Waals surface area (Å²) in [6.45, 7) is 8.16. The molecule has 0 saturated heterocycles. The fraction of sp³-hybridized carbons (Fsp3) is 0.533. The minimum atomic E-state index is -0.419. The summed E-state index contributed by atoms with van der Waals surface area (Å²) in [6.07, 6.45) is 0.715. The predicted octanol–water partition coefficient (Wildman–Crippen LogP) is 2.55. The van der Waals surface area contributed by atoms with Gasteiger partial charge >= 0.3 is 0 Å². The zero-order valence-corrected chi connectivity index (χ0v) is 11.7. The summed E-state index contributed by atoms with van der Waals surface area (Å²) in [5.74, 6) is 0.359. The second-order valence-electron chi connectivity index (χ2n) is 5.38. The number of amides is 1. The lowest BCUT2D eigenvalue weighted by molar-refractivity contribution is -0.123. The zero-order valence-electron chi connectivity index (χ0n) is 11.7. The first-order valence-corrected chi connectivity index (χ1v) is 6.52. The molecule has 3 nitrogen and oxygen atoms in total. The molecular formula is C15H24N2O. The van der Waals surface area contributed by atoms with Crippen LogP contribution in [-0.2, 0) is 4.79 Å². The summed E-state index contributed by atoms with van der Waals surface area (Å²) in [6, 6.07) is 7.75. The van der Waals surface area contributed by atoms with Gasteiger partial charge in [-0.25, -0.2) is 0 Å². The van der Waals surface area contributed by atoms with E-state index in [0.29, 0.717) is 12.3 Å². The van der Waals surface area contributed by atoms with Crippen molar-refractivity contribution in [3.05, 3.63) is 35.4 Å². The van der Waals surface area contributed by atoms with Gasteiger partial charge in [-0.15, -0.1) is 0 Å². The normalized spacial score (nSPS) is 14.3. The molecule has 1 aromatic carbocycles. The summed E-state index contributed by atoms with van der Waals surface area (Å²) in [5, 5.41) is 2.96. The average Bonchev–Trinajstić information content (AvgIpc) is 2.28. The summed E-state index contributed by atoms with van der Waals surface area (Å²) >= 11 is 0. The Morgan fingerprint density at radius 1 is 1.22 bits per heavy atom. The Labute approximate surface area is 110 Å². The smallest absolute Gasteiger partial charge is 0.237 e. The van der Waals surface area contributed by atoms with Crippen molar-refractivity contribution < 1.29 is 4.79 Å². The highest BCUT2D eigenvalue weighted by atomic mass is 16.2. The lowest BCUT2D eigenvalue weighted by Crippen LogP contribution is -2.42. The molecule has 3 heteroatoms. The molecule has 0 radical (unpaired) electrons. The van der Waals surface area contributed by atoms with Crippen molar-refractivity contribution >= 4 is 5.91 Å². The number of hydrogen-bond acceptors (Lipinski definition) is 2. The van der Waals surface area contributed by atoms with Gasteiger partial charge in [-0.05, 0) is 31.7 Å². The highest BCUT2D eigenvalue weighted by Crippen LogP contribution is 2.13. The number of nitrogens with one attached hydrogen (secondary N) is 1. The van der Waals surface area contributed by atoms with Crippen molar-refractivity contribution in [2.24, 2.45) is 11.7 Å². The number of aryl methyl sites for hydroxylation is 1. The molecule has 0 bridgehead atoms. The first-order chi connectivity index (χ1) is 8.40. The summed E-state index contributed by atoms with van der Waals surface area (Å²) < 4.78 is 0. The molecule has 3 N–H and O–H groups in total. The van der Waals surface area contributed by atoms with E-state index in [9.17, 15) is 4.79 Å². The van der Waals surface area contributed by atoms with Crippen molar-refractivity contribution in [2.75, 3.05) is 0 Å². The van der Waals surface area contributed by atoms with Crippen LogP contribution >= 0.6 is 0 Å². The van der Waals surface area contributed by atoms with Crippen LogP contribution in [0.4, 0.5) is 0 Å². The van der Waals surface area contributed by atoms with E-state index in [4.69, 9.17) is 5.73 Å². The maximum Gasteiger partial charge on any atom is 0.237 e. The SMILES string of the molecule is Cc1ccc([C@H](C)NC(=O)C(N)CC(C)C)cc1. The molecule has 0 spiro atoms. The number of hydrogen-bond donors (Lipinski definition) is 2. The number of carbonyl (C=O) groups is 1. The van der Waals surface area contributed by atoms with Crippen molar-refractivity contribution in [1.29, 1.82) is 0 Å². The first-order valence-electron chi connectivity index (χ1n) is 6.52. The molecule has 18 heavy (non-hydrogen) atoms. The summed E-state index contributed by atoms with van der Waals surface area (Å²) in [4.78, 5) is 11.9. The monoisotopic (exact) mass is 248 g/mol. The fourth-order valence-electron chi connectivity index (χ4n) is 1.87. The van der Waals surface area contributed by atoms with E-state index in [1.54, 1.807) is 0 Å². The van der Waals surface area contributed by atoms with Gasteiger partial charge in [-0.3, -0.25) is 4.79 Å². The molecule has 0 aromatic heterocycles. The third-order valence-electron chi connectivity index (χ3n) is 3.00. The van der Waals surface area contributed by atoms with Crippen LogP contribution in [0.5, 0.6) is 0 Å². The van der Waals surface area contributed by atoms with Crippen LogP contribution in [0.25, 0.3) is 0 Å². The van der Waals surface area contributed by atoms with E-state index in [1.807, 2.05) is 38.1 Å². The van der Waals surface area contributed by atoms with Gasteiger partial charge in [0.1, 0.15) is 0 Å². The van der Waals surface area contributed by atoms with E-state index in [-0.39, 0.29) is 11.9 Å². The van der Waals surface area contributed by atoms with Gasteiger partial charge in [0.2, 0.25) is 5.91 Å². The number of nitrogens with two attached hydrogens (primary N) is 1. The Kier molecular flexibility index (Phi) is 5.35. The minimum Gasteiger partial charge on any atom is -0.348 e. The predicted molar refractivity (Wildman–Crippen MR) is 75.2 cm³/mol. The molecule has 1 amide bonds. The molecule has 0 aliphatic rings. The Hall–Kier alpha value is -1.35. The molecule has 100 valence electrons. The largest absolute Gasteiger partial charge is 0.348 e. The van der Waals surface area contributed by atoms with Crippen molar-refractivity contribution in [3.8, 4) is 0 Å². The maximum atomic E-state index is 11.9. The van der Waals surface area contributed by atoms with Crippen molar-refractivity contribution in [2.45, 2.75) is 46.2 Å². The molecule has 1 aromatic rings. The van der Waals surface area contributed by atoms with Crippen LogP contribution in [-0.4, -0.2) is 11.9 Å². The molecule has 0 heterocycles. The fourth-order valence-corrected chi connectivity index (χ4v) is 1.87. The first kappa shape index (κ1) is 14.7. The quantitative estimate of drug-likeness (QED) is 0.841. The van der Waals surface area contributed by atoms with Crippen LogP contribution in [0.1, 0.15) is 44.4 Å². The Balaban J connectivity index is 2.56. The van der Waals surface area contributed by atoms with Crippen molar-refractivity contribution in [1.82, 2.24) is 5.32 Å². The molecule has 0 fully saturated rings. The third-order valence-corrected chi connectivity index (χ3v) is 3.00. The molecule has 0 aliphatic carbocycles. The van der Waals surface area contributed by atoms with Crippen molar-refractivity contribution in [3.63, 3.8) is 0 Å². The second-order valence-corrected chi connectivity index (χ2v) is 5.38. The van der Waals surface area contributed by atoms with Gasteiger partial charge in [-0.1, -0.05) is 43.7 Å². The standard InChI is InChI=1S/C15H24N2O/c1-10(2)9-14(16)15(18)17-12(4)13-7-5-11(3)6-8-13/h5-8,10,12,14H,9,16H2,1-4H3,(H,17,18)/t12-,14?/m0/s1. The molecule has 0 saturated carbocycles. The molecule has 1 rings (SSSR count). The zero-order chi connectivity index (χ0) is 13.7. The average molecular weight is 248 g/mol. The summed E-state index contributed by atoms with van der Waals surface area (Å²) in [5.41, 5.74) is 8.18. The third kappa shape index (κ3) is 4.49. The highest BCUT2D eigenvalue weighted by Gasteiger charge is 2.17. The molecule has 1 unspecified atom stereocenters. The van der Waals surface area contributed by atoms with Gasteiger partial charge < -0.3 is 11.1 Å². The Bertz CT molecular complexity index is 384. The van der Waals surface area contributed by atoms with Gasteiger partial charge in [-0.2, -0.15) is 0 Å². The minimum absolute atomic E-state index is 0.00341. The lowest BCUT2D eigenvalue weighted by atomic mass is 10.0. The van der Waals surface area contributed by atoms with Gasteiger partial charge in [0, 0.05) is 0 Å². The Morgan fingerprint density at radius 2 is 1.78 bits per heavy atom. The van der Waals surface area contributed by atoms with E-state index >= 15 is 0 Å². The van der Waals surface area contributed by atoms with E-state index in [2.05, 4.69) is 19.2 Å². The van der Waals surface area contributed by atoms with E-state index in [0.717, 1.165) is 5.56 Å². The van der Waals surface area contributed by atoms with Crippen LogP contribution < -0.4 is 11.1 Å². The van der Waals surface area contributed by atoms with Crippen LogP contribution in [0.2, 0.25) is 0 Å². The maximum absolute atomic E-state index is 11.9. The van der Waals surface area contributed by atoms with Crippen LogP contribution in [0.3, 0.4) is 0 Å². The Morgan fingerprint density at radius 3 is 2.28 bits per heavy atom. The molecule has 2 atom stereocenters. The topological polar surface area (TPSA) is 55.1 Å². The lowest BCUT2D eigenvalue weighted by Gasteiger charge is -2.19. The second kappa shape index (κ2) is 6.55. The van der Waals surface area contributed by atoms with Gasteiger partial charge in [0.25, 0.3) is 0 Å². The van der Waals surface area contributed by atoms with E-state index in [1.165, 1.54) is 5.56 Å². The van der Waals surface area contributed by atoms with Gasteiger partial charge in [0.05, 0.1) is 12.1 Å². The van der Waals surface area contributed by atoms with Crippen LogP contribution in [0.15, 0.2) is 24.3 Å². The summed E-state index contributed by atoms with van der Waals surface area (Å²) in [7, 11) is 0. The number of benzene rings is 1. The number of carbonyl (C=O) groups excluding carboxylic acids is 1. The molecular weight excluding hydrogens is 224 g/mol. The van der Waals surface area contributed by atoms with Gasteiger partial charge in [0.15, 0.2) is 0 Å².